The lowest BCUT2D eigenvalue weighted by atomic mass is 10.0. The van der Waals surface area contributed by atoms with Crippen molar-refractivity contribution < 1.29 is 4.74 Å². The number of anilines is 1. The Balaban J connectivity index is 1.65. The summed E-state index contributed by atoms with van der Waals surface area (Å²) < 4.78 is 6.42. The van der Waals surface area contributed by atoms with E-state index < -0.39 is 0 Å². The second-order valence-electron chi connectivity index (χ2n) is 6.85. The smallest absolute Gasteiger partial charge is 0.247 e. The van der Waals surface area contributed by atoms with Crippen LogP contribution in [0, 0.1) is 0 Å². The number of ether oxygens (including phenoxy) is 1. The molecule has 1 aliphatic heterocycles. The molecule has 0 amide bonds. The van der Waals surface area contributed by atoms with Crippen LogP contribution in [0.25, 0.3) is 22.0 Å². The summed E-state index contributed by atoms with van der Waals surface area (Å²) >= 11 is 1.60. The van der Waals surface area contributed by atoms with Crippen LogP contribution in [0.4, 0.5) is 5.69 Å². The van der Waals surface area contributed by atoms with Gasteiger partial charge < -0.3 is 10.1 Å². The van der Waals surface area contributed by atoms with Gasteiger partial charge in [-0.2, -0.15) is 4.98 Å². The third kappa shape index (κ3) is 3.40. The number of aromatic nitrogens is 3. The maximum atomic E-state index is 6.42. The van der Waals surface area contributed by atoms with Crippen LogP contribution < -0.4 is 10.1 Å². The molecule has 6 heteroatoms. The highest BCUT2D eigenvalue weighted by Crippen LogP contribution is 2.40. The van der Waals surface area contributed by atoms with Crippen molar-refractivity contribution in [1.29, 1.82) is 0 Å². The SMILES string of the molecule is CCCSc1nnc2c(n1)OC(c1cccc3ccccc13)Nc1ccccc1-2. The fraction of sp³-hybridized carbons (Fsp3) is 0.174. The Morgan fingerprint density at radius 1 is 0.966 bits per heavy atom. The van der Waals surface area contributed by atoms with E-state index in [0.29, 0.717) is 16.7 Å². The van der Waals surface area contributed by atoms with Crippen molar-refractivity contribution in [2.45, 2.75) is 24.7 Å². The predicted octanol–water partition coefficient (Wildman–Crippen LogP) is 5.70. The van der Waals surface area contributed by atoms with Gasteiger partial charge in [-0.3, -0.25) is 0 Å². The normalized spacial score (nSPS) is 15.0. The Bertz CT molecular complexity index is 1180. The predicted molar refractivity (Wildman–Crippen MR) is 117 cm³/mol. The van der Waals surface area contributed by atoms with Crippen LogP contribution in [0.5, 0.6) is 5.88 Å². The molecule has 1 aromatic heterocycles. The summed E-state index contributed by atoms with van der Waals surface area (Å²) in [5, 5.41) is 15.3. The molecular formula is C23H20N4OS. The summed E-state index contributed by atoms with van der Waals surface area (Å²) in [4.78, 5) is 4.69. The molecule has 144 valence electrons. The van der Waals surface area contributed by atoms with Gasteiger partial charge in [-0.25, -0.2) is 0 Å². The summed E-state index contributed by atoms with van der Waals surface area (Å²) in [6, 6.07) is 22.6. The average molecular weight is 401 g/mol. The first-order valence-corrected chi connectivity index (χ1v) is 10.7. The number of hydrogen-bond donors (Lipinski definition) is 1. The van der Waals surface area contributed by atoms with Crippen molar-refractivity contribution in [3.8, 4) is 17.1 Å². The Kier molecular flexibility index (Phi) is 4.77. The molecule has 0 radical (unpaired) electrons. The molecule has 1 aliphatic rings. The molecule has 1 atom stereocenters. The highest BCUT2D eigenvalue weighted by Gasteiger charge is 2.26. The van der Waals surface area contributed by atoms with E-state index >= 15 is 0 Å². The van der Waals surface area contributed by atoms with Gasteiger partial charge in [-0.15, -0.1) is 10.2 Å². The molecule has 0 aliphatic carbocycles. The third-order valence-corrected chi connectivity index (χ3v) is 5.92. The number of nitrogens with zero attached hydrogens (tertiary/aromatic N) is 3. The third-order valence-electron chi connectivity index (χ3n) is 4.87. The summed E-state index contributed by atoms with van der Waals surface area (Å²) in [6.07, 6.45) is 0.666. The lowest BCUT2D eigenvalue weighted by Gasteiger charge is -2.21. The van der Waals surface area contributed by atoms with Gasteiger partial charge in [0.2, 0.25) is 11.0 Å². The first-order chi connectivity index (χ1) is 14.3. The van der Waals surface area contributed by atoms with Crippen LogP contribution in [0.1, 0.15) is 25.1 Å². The van der Waals surface area contributed by atoms with Gasteiger partial charge in [0, 0.05) is 22.6 Å². The molecule has 0 saturated heterocycles. The standard InChI is InChI=1S/C23H20N4OS/c1-2-14-29-23-25-22-20(26-27-23)18-11-5-6-13-19(18)24-21(28-22)17-12-7-9-15-8-3-4-10-16(15)17/h3-13,21,24H,2,14H2,1H3. The van der Waals surface area contributed by atoms with E-state index in [9.17, 15) is 0 Å². The van der Waals surface area contributed by atoms with E-state index in [0.717, 1.165) is 34.4 Å². The first kappa shape index (κ1) is 17.9. The Morgan fingerprint density at radius 2 is 1.79 bits per heavy atom. The second-order valence-corrected chi connectivity index (χ2v) is 7.91. The van der Waals surface area contributed by atoms with Gasteiger partial charge in [-0.1, -0.05) is 79.3 Å². The largest absolute Gasteiger partial charge is 0.448 e. The molecule has 5 rings (SSSR count). The number of fused-ring (bicyclic) bond motifs is 4. The number of para-hydroxylation sites is 1. The molecule has 29 heavy (non-hydrogen) atoms. The molecule has 3 aromatic carbocycles. The van der Waals surface area contributed by atoms with Gasteiger partial charge in [0.1, 0.15) is 0 Å². The fourth-order valence-corrected chi connectivity index (χ4v) is 4.15. The average Bonchev–Trinajstić information content (AvgIpc) is 2.93. The molecule has 0 spiro atoms. The number of thioether (sulfide) groups is 1. The molecule has 1 unspecified atom stereocenters. The van der Waals surface area contributed by atoms with Crippen molar-refractivity contribution in [1.82, 2.24) is 15.2 Å². The monoisotopic (exact) mass is 400 g/mol. The van der Waals surface area contributed by atoms with Crippen LogP contribution in [-0.2, 0) is 0 Å². The van der Waals surface area contributed by atoms with E-state index in [1.165, 1.54) is 5.39 Å². The topological polar surface area (TPSA) is 59.9 Å². The van der Waals surface area contributed by atoms with Crippen molar-refractivity contribution in [3.05, 3.63) is 72.3 Å². The molecule has 0 saturated carbocycles. The van der Waals surface area contributed by atoms with E-state index in [4.69, 9.17) is 9.72 Å². The lowest BCUT2D eigenvalue weighted by Crippen LogP contribution is -2.17. The molecular weight excluding hydrogens is 380 g/mol. The highest BCUT2D eigenvalue weighted by molar-refractivity contribution is 7.99. The first-order valence-electron chi connectivity index (χ1n) is 9.71. The molecule has 4 aromatic rings. The molecule has 0 bridgehead atoms. The van der Waals surface area contributed by atoms with Gasteiger partial charge in [-0.05, 0) is 23.3 Å². The maximum Gasteiger partial charge on any atom is 0.247 e. The zero-order valence-electron chi connectivity index (χ0n) is 16.0. The maximum absolute atomic E-state index is 6.42. The van der Waals surface area contributed by atoms with Crippen molar-refractivity contribution >= 4 is 28.2 Å². The van der Waals surface area contributed by atoms with Crippen molar-refractivity contribution in [2.75, 3.05) is 11.1 Å². The fourth-order valence-electron chi connectivity index (χ4n) is 3.52. The van der Waals surface area contributed by atoms with Crippen LogP contribution in [0.3, 0.4) is 0 Å². The van der Waals surface area contributed by atoms with Crippen molar-refractivity contribution in [3.63, 3.8) is 0 Å². The zero-order valence-corrected chi connectivity index (χ0v) is 16.8. The number of hydrogen-bond acceptors (Lipinski definition) is 6. The van der Waals surface area contributed by atoms with Gasteiger partial charge in [0.05, 0.1) is 0 Å². The minimum Gasteiger partial charge on any atom is -0.448 e. The van der Waals surface area contributed by atoms with E-state index in [2.05, 4.69) is 52.8 Å². The Hall–Kier alpha value is -3.12. The van der Waals surface area contributed by atoms with Crippen LogP contribution in [-0.4, -0.2) is 20.9 Å². The second kappa shape index (κ2) is 7.72. The minimum atomic E-state index is -0.385. The summed E-state index contributed by atoms with van der Waals surface area (Å²) in [5.74, 6) is 1.45. The van der Waals surface area contributed by atoms with Gasteiger partial charge >= 0.3 is 0 Å². The van der Waals surface area contributed by atoms with Gasteiger partial charge in [0.15, 0.2) is 11.9 Å². The summed E-state index contributed by atoms with van der Waals surface area (Å²) in [6.45, 7) is 2.14. The van der Waals surface area contributed by atoms with E-state index in [-0.39, 0.29) is 6.23 Å². The lowest BCUT2D eigenvalue weighted by molar-refractivity contribution is 0.226. The molecule has 5 nitrogen and oxygen atoms in total. The molecule has 0 fully saturated rings. The van der Waals surface area contributed by atoms with Crippen molar-refractivity contribution in [2.24, 2.45) is 0 Å². The van der Waals surface area contributed by atoms with Crippen LogP contribution >= 0.6 is 11.8 Å². The zero-order chi connectivity index (χ0) is 19.6. The number of benzene rings is 3. The minimum absolute atomic E-state index is 0.385. The molecule has 2 heterocycles. The quantitative estimate of drug-likeness (QED) is 0.444. The van der Waals surface area contributed by atoms with Crippen LogP contribution in [0.15, 0.2) is 71.9 Å². The van der Waals surface area contributed by atoms with Gasteiger partial charge in [0.25, 0.3) is 0 Å². The highest BCUT2D eigenvalue weighted by atomic mass is 32.2. The summed E-state index contributed by atoms with van der Waals surface area (Å²) in [5.41, 5.74) is 3.62. The van der Waals surface area contributed by atoms with E-state index in [1.54, 1.807) is 11.8 Å². The molecule has 1 N–H and O–H groups in total. The summed E-state index contributed by atoms with van der Waals surface area (Å²) in [7, 11) is 0. The number of rotatable bonds is 4. The Morgan fingerprint density at radius 3 is 2.72 bits per heavy atom. The Labute approximate surface area is 173 Å². The van der Waals surface area contributed by atoms with Crippen LogP contribution in [0.2, 0.25) is 0 Å². The number of nitrogens with one attached hydrogen (secondary N) is 1. The van der Waals surface area contributed by atoms with E-state index in [1.807, 2.05) is 36.4 Å².